The van der Waals surface area contributed by atoms with Gasteiger partial charge >= 0.3 is 6.03 Å². The zero-order chi connectivity index (χ0) is 21.6. The summed E-state index contributed by atoms with van der Waals surface area (Å²) >= 11 is 0. The number of carbonyl (C=O) groups is 2. The lowest BCUT2D eigenvalue weighted by molar-refractivity contribution is -0.123. The van der Waals surface area contributed by atoms with E-state index < -0.39 is 0 Å². The number of rotatable bonds is 6. The molecule has 30 heavy (non-hydrogen) atoms. The Morgan fingerprint density at radius 2 is 2.07 bits per heavy atom. The zero-order valence-electron chi connectivity index (χ0n) is 16.9. The minimum absolute atomic E-state index is 0.00571. The van der Waals surface area contributed by atoms with E-state index >= 15 is 0 Å². The van der Waals surface area contributed by atoms with Crippen molar-refractivity contribution in [3.8, 4) is 0 Å². The normalized spacial score (nSPS) is 17.2. The zero-order valence-corrected chi connectivity index (χ0v) is 16.9. The number of fused-ring (bicyclic) bond motifs is 1. The number of amides is 3. The van der Waals surface area contributed by atoms with Gasteiger partial charge in [-0.05, 0) is 30.4 Å². The predicted octanol–water partition coefficient (Wildman–Crippen LogP) is 0.0729. The van der Waals surface area contributed by atoms with Crippen LogP contribution < -0.4 is 22.1 Å². The van der Waals surface area contributed by atoms with Gasteiger partial charge in [0.2, 0.25) is 5.91 Å². The van der Waals surface area contributed by atoms with Crippen LogP contribution >= 0.6 is 0 Å². The first kappa shape index (κ1) is 19.6. The number of imidazole rings is 1. The first-order valence-electron chi connectivity index (χ1n) is 9.60. The molecule has 4 rings (SSSR count). The molecule has 11 nitrogen and oxygen atoms in total. The third kappa shape index (κ3) is 3.49. The number of nitrogens with zero attached hydrogens (tertiary/aromatic N) is 6. The van der Waals surface area contributed by atoms with Crippen LogP contribution in [0.4, 0.5) is 10.5 Å². The largest absolute Gasteiger partial charge is 0.402 e. The van der Waals surface area contributed by atoms with E-state index in [4.69, 9.17) is 22.2 Å². The maximum atomic E-state index is 12.6. The van der Waals surface area contributed by atoms with Gasteiger partial charge in [0.1, 0.15) is 12.4 Å². The first-order chi connectivity index (χ1) is 14.3. The number of hydrogen-bond acceptors (Lipinski definition) is 6. The molecule has 2 aliphatic rings. The highest BCUT2D eigenvalue weighted by Gasteiger charge is 2.36. The SMILES string of the molecule is CN1C(=O)CN(c2cc(C3CC3)cn3cc(CN(C)/C(=C/N)N=C(N)N)nc23)C1=O. The van der Waals surface area contributed by atoms with E-state index in [1.54, 1.807) is 11.9 Å². The van der Waals surface area contributed by atoms with Crippen molar-refractivity contribution in [2.75, 3.05) is 25.5 Å². The number of pyridine rings is 1. The molecule has 1 aliphatic carbocycles. The lowest BCUT2D eigenvalue weighted by Gasteiger charge is -2.17. The van der Waals surface area contributed by atoms with Gasteiger partial charge in [0.15, 0.2) is 11.6 Å². The molecule has 3 amide bonds. The Morgan fingerprint density at radius 1 is 1.33 bits per heavy atom. The number of likely N-dealkylation sites (N-methyl/N-ethyl adjacent to an activating group) is 1. The van der Waals surface area contributed by atoms with Crippen molar-refractivity contribution in [3.05, 3.63) is 41.7 Å². The van der Waals surface area contributed by atoms with Crippen molar-refractivity contribution in [2.24, 2.45) is 22.2 Å². The molecule has 1 saturated carbocycles. The van der Waals surface area contributed by atoms with Crippen LogP contribution in [0.25, 0.3) is 5.65 Å². The quantitative estimate of drug-likeness (QED) is 0.346. The maximum Gasteiger partial charge on any atom is 0.331 e. The van der Waals surface area contributed by atoms with E-state index in [1.165, 1.54) is 18.1 Å². The van der Waals surface area contributed by atoms with Crippen LogP contribution in [0, 0.1) is 0 Å². The molecule has 0 bridgehead atoms. The number of nitrogens with two attached hydrogens (primary N) is 3. The van der Waals surface area contributed by atoms with E-state index in [0.29, 0.717) is 29.6 Å². The van der Waals surface area contributed by atoms with Gasteiger partial charge < -0.3 is 26.5 Å². The van der Waals surface area contributed by atoms with Crippen LogP contribution in [0.15, 0.2) is 35.5 Å². The summed E-state index contributed by atoms with van der Waals surface area (Å²) in [5, 5.41) is 0. The standard InChI is InChI=1S/C19H25N9O2/c1-25(15(6-20)24-18(21)22)8-13-9-27-7-12(11-3-4-11)5-14(17(27)23-13)28-10-16(29)26(2)19(28)30/h5-7,9,11H,3-4,8,10,20H2,1-2H3,(H4,21,22,24)/b15-6+. The lowest BCUT2D eigenvalue weighted by Crippen LogP contribution is -2.30. The molecule has 6 N–H and O–H groups in total. The molecule has 0 aromatic carbocycles. The van der Waals surface area contributed by atoms with Crippen molar-refractivity contribution in [3.63, 3.8) is 0 Å². The predicted molar refractivity (Wildman–Crippen MR) is 112 cm³/mol. The van der Waals surface area contributed by atoms with Crippen LogP contribution in [0.1, 0.15) is 30.0 Å². The van der Waals surface area contributed by atoms with E-state index in [2.05, 4.69) is 4.99 Å². The summed E-state index contributed by atoms with van der Waals surface area (Å²) < 4.78 is 1.91. The lowest BCUT2D eigenvalue weighted by atomic mass is 10.1. The molecule has 3 heterocycles. The monoisotopic (exact) mass is 411 g/mol. The number of hydrogen-bond donors (Lipinski definition) is 3. The van der Waals surface area contributed by atoms with E-state index in [0.717, 1.165) is 29.0 Å². The van der Waals surface area contributed by atoms with Crippen LogP contribution in [0.5, 0.6) is 0 Å². The minimum atomic E-state index is -0.349. The molecule has 0 unspecified atom stereocenters. The Kier molecular flexibility index (Phi) is 4.72. The first-order valence-corrected chi connectivity index (χ1v) is 9.60. The number of carbonyl (C=O) groups excluding carboxylic acids is 2. The molecule has 0 atom stereocenters. The molecule has 11 heteroatoms. The van der Waals surface area contributed by atoms with Gasteiger partial charge in [0, 0.05) is 32.7 Å². The highest BCUT2D eigenvalue weighted by molar-refractivity contribution is 6.13. The molecule has 1 saturated heterocycles. The second kappa shape index (κ2) is 7.25. The molecular formula is C19H25N9O2. The number of imide groups is 1. The summed E-state index contributed by atoms with van der Waals surface area (Å²) in [4.78, 5) is 37.8. The van der Waals surface area contributed by atoms with Crippen molar-refractivity contribution < 1.29 is 9.59 Å². The number of aliphatic imine (C=N–C) groups is 1. The van der Waals surface area contributed by atoms with Gasteiger partial charge in [-0.3, -0.25) is 14.6 Å². The van der Waals surface area contributed by atoms with Gasteiger partial charge in [-0.25, -0.2) is 9.78 Å². The van der Waals surface area contributed by atoms with Gasteiger partial charge in [0.05, 0.1) is 17.9 Å². The van der Waals surface area contributed by atoms with Crippen LogP contribution in [-0.2, 0) is 11.3 Å². The summed E-state index contributed by atoms with van der Waals surface area (Å²) in [5.74, 6) is 0.553. The molecule has 2 aromatic rings. The Morgan fingerprint density at radius 3 is 2.63 bits per heavy atom. The Labute approximate surface area is 173 Å². The number of anilines is 1. The number of guanidine groups is 1. The molecule has 0 spiro atoms. The fourth-order valence-corrected chi connectivity index (χ4v) is 3.56. The summed E-state index contributed by atoms with van der Waals surface area (Å²) in [6.45, 7) is 0.401. The third-order valence-corrected chi connectivity index (χ3v) is 5.31. The van der Waals surface area contributed by atoms with Gasteiger partial charge in [-0.15, -0.1) is 0 Å². The molecular weight excluding hydrogens is 386 g/mol. The molecule has 2 fully saturated rings. The Bertz CT molecular complexity index is 1080. The van der Waals surface area contributed by atoms with Crippen LogP contribution in [0.2, 0.25) is 0 Å². The molecule has 1 aliphatic heterocycles. The number of aromatic nitrogens is 2. The number of urea groups is 1. The highest BCUT2D eigenvalue weighted by Crippen LogP contribution is 2.42. The maximum absolute atomic E-state index is 12.6. The van der Waals surface area contributed by atoms with Crippen molar-refractivity contribution in [1.29, 1.82) is 0 Å². The Hall–Kier alpha value is -3.76. The van der Waals surface area contributed by atoms with Gasteiger partial charge in [0.25, 0.3) is 0 Å². The summed E-state index contributed by atoms with van der Waals surface area (Å²) in [6.07, 6.45) is 7.48. The summed E-state index contributed by atoms with van der Waals surface area (Å²) in [7, 11) is 3.28. The Balaban J connectivity index is 1.72. The summed E-state index contributed by atoms with van der Waals surface area (Å²) in [6, 6.07) is 1.63. The minimum Gasteiger partial charge on any atom is -0.402 e. The van der Waals surface area contributed by atoms with E-state index in [9.17, 15) is 9.59 Å². The summed E-state index contributed by atoms with van der Waals surface area (Å²) in [5.41, 5.74) is 19.7. The average molecular weight is 411 g/mol. The molecule has 2 aromatic heterocycles. The topological polar surface area (TPSA) is 152 Å². The highest BCUT2D eigenvalue weighted by atomic mass is 16.2. The van der Waals surface area contributed by atoms with Crippen molar-refractivity contribution in [2.45, 2.75) is 25.3 Å². The van der Waals surface area contributed by atoms with Crippen LogP contribution in [0.3, 0.4) is 0 Å². The van der Waals surface area contributed by atoms with Gasteiger partial charge in [-0.2, -0.15) is 4.99 Å². The van der Waals surface area contributed by atoms with E-state index in [-0.39, 0.29) is 24.4 Å². The van der Waals surface area contributed by atoms with Crippen molar-refractivity contribution >= 4 is 29.2 Å². The second-order valence-corrected chi connectivity index (χ2v) is 7.64. The molecule has 0 radical (unpaired) electrons. The molecule has 158 valence electrons. The third-order valence-electron chi connectivity index (χ3n) is 5.31. The van der Waals surface area contributed by atoms with Crippen LogP contribution in [-0.4, -0.2) is 57.7 Å². The fourth-order valence-electron chi connectivity index (χ4n) is 3.56. The van der Waals surface area contributed by atoms with Crippen molar-refractivity contribution in [1.82, 2.24) is 19.2 Å². The second-order valence-electron chi connectivity index (χ2n) is 7.64. The van der Waals surface area contributed by atoms with Gasteiger partial charge in [-0.1, -0.05) is 0 Å². The average Bonchev–Trinajstić information content (AvgIpc) is 3.43. The van der Waals surface area contributed by atoms with E-state index in [1.807, 2.05) is 22.9 Å². The fraction of sp³-hybridized carbons (Fsp3) is 0.368. The smallest absolute Gasteiger partial charge is 0.331 e.